The van der Waals surface area contributed by atoms with Crippen LogP contribution in [0.1, 0.15) is 5.56 Å². The van der Waals surface area contributed by atoms with Crippen molar-refractivity contribution in [3.8, 4) is 0 Å². The van der Waals surface area contributed by atoms with E-state index in [-0.39, 0.29) is 0 Å². The van der Waals surface area contributed by atoms with Gasteiger partial charge < -0.3 is 5.43 Å². The normalized spacial score (nSPS) is 11.1. The first kappa shape index (κ1) is 9.60. The molecule has 0 bridgehead atoms. The molecule has 1 aromatic rings. The monoisotopic (exact) mass is 179 g/mol. The van der Waals surface area contributed by atoms with Crippen molar-refractivity contribution < 1.29 is 0 Å². The maximum atomic E-state index is 4.12. The SMILES string of the molecule is Cc1cncnc1/N=C\NN(C)C. The van der Waals surface area contributed by atoms with Gasteiger partial charge in [-0.1, -0.05) is 0 Å². The van der Waals surface area contributed by atoms with Gasteiger partial charge in [0.15, 0.2) is 5.82 Å². The summed E-state index contributed by atoms with van der Waals surface area (Å²) in [5.41, 5.74) is 3.86. The fourth-order valence-corrected chi connectivity index (χ4v) is 0.733. The average Bonchev–Trinajstić information content (AvgIpc) is 2.08. The van der Waals surface area contributed by atoms with Crippen molar-refractivity contribution in [2.75, 3.05) is 14.1 Å². The van der Waals surface area contributed by atoms with Crippen molar-refractivity contribution in [1.82, 2.24) is 20.4 Å². The number of hydrazine groups is 1. The minimum Gasteiger partial charge on any atom is -0.310 e. The molecule has 0 amide bonds. The van der Waals surface area contributed by atoms with Crippen LogP contribution in [0.15, 0.2) is 17.5 Å². The molecule has 13 heavy (non-hydrogen) atoms. The van der Waals surface area contributed by atoms with Gasteiger partial charge in [0.2, 0.25) is 0 Å². The van der Waals surface area contributed by atoms with E-state index >= 15 is 0 Å². The van der Waals surface area contributed by atoms with Crippen molar-refractivity contribution in [2.24, 2.45) is 4.99 Å². The maximum absolute atomic E-state index is 4.12. The Labute approximate surface area is 77.5 Å². The zero-order valence-electron chi connectivity index (χ0n) is 8.02. The van der Waals surface area contributed by atoms with E-state index in [1.807, 2.05) is 21.0 Å². The van der Waals surface area contributed by atoms with E-state index < -0.39 is 0 Å². The maximum Gasteiger partial charge on any atom is 0.159 e. The fourth-order valence-electron chi connectivity index (χ4n) is 0.733. The molecule has 1 N–H and O–H groups in total. The first-order valence-electron chi connectivity index (χ1n) is 3.93. The molecule has 0 aliphatic heterocycles. The first-order valence-corrected chi connectivity index (χ1v) is 3.93. The molecule has 1 aromatic heterocycles. The molecule has 5 nitrogen and oxygen atoms in total. The molecule has 1 rings (SSSR count). The quantitative estimate of drug-likeness (QED) is 0.417. The lowest BCUT2D eigenvalue weighted by Gasteiger charge is -2.06. The summed E-state index contributed by atoms with van der Waals surface area (Å²) >= 11 is 0. The van der Waals surface area contributed by atoms with E-state index in [0.29, 0.717) is 5.82 Å². The smallest absolute Gasteiger partial charge is 0.159 e. The van der Waals surface area contributed by atoms with Gasteiger partial charge in [-0.25, -0.2) is 20.0 Å². The molecule has 0 fully saturated rings. The van der Waals surface area contributed by atoms with Gasteiger partial charge in [-0.2, -0.15) is 0 Å². The second kappa shape index (κ2) is 4.51. The van der Waals surface area contributed by atoms with Gasteiger partial charge in [0.1, 0.15) is 12.7 Å². The van der Waals surface area contributed by atoms with Crippen LogP contribution in [0, 0.1) is 6.92 Å². The number of aryl methyl sites for hydroxylation is 1. The number of hydrogen-bond acceptors (Lipinski definition) is 4. The van der Waals surface area contributed by atoms with E-state index in [1.54, 1.807) is 17.5 Å². The summed E-state index contributed by atoms with van der Waals surface area (Å²) < 4.78 is 0. The van der Waals surface area contributed by atoms with Crippen LogP contribution in [0.3, 0.4) is 0 Å². The molecule has 0 aliphatic carbocycles. The lowest BCUT2D eigenvalue weighted by Crippen LogP contribution is -2.28. The average molecular weight is 179 g/mol. The van der Waals surface area contributed by atoms with Crippen LogP contribution in [0.4, 0.5) is 5.82 Å². The Morgan fingerprint density at radius 3 is 2.92 bits per heavy atom. The second-order valence-corrected chi connectivity index (χ2v) is 2.81. The molecule has 0 atom stereocenters. The van der Waals surface area contributed by atoms with E-state index in [4.69, 9.17) is 0 Å². The van der Waals surface area contributed by atoms with E-state index in [9.17, 15) is 0 Å². The third-order valence-electron chi connectivity index (χ3n) is 1.37. The highest BCUT2D eigenvalue weighted by Crippen LogP contribution is 2.09. The highest BCUT2D eigenvalue weighted by Gasteiger charge is 1.93. The molecule has 0 saturated heterocycles. The summed E-state index contributed by atoms with van der Waals surface area (Å²) in [6.07, 6.45) is 4.81. The Bertz CT molecular complexity index is 294. The Morgan fingerprint density at radius 2 is 2.31 bits per heavy atom. The number of aromatic nitrogens is 2. The summed E-state index contributed by atoms with van der Waals surface area (Å²) in [6, 6.07) is 0. The van der Waals surface area contributed by atoms with Crippen LogP contribution >= 0.6 is 0 Å². The Morgan fingerprint density at radius 1 is 1.54 bits per heavy atom. The summed E-state index contributed by atoms with van der Waals surface area (Å²) in [5.74, 6) is 0.685. The number of aliphatic imine (C=N–C) groups is 1. The van der Waals surface area contributed by atoms with E-state index in [2.05, 4.69) is 20.4 Å². The van der Waals surface area contributed by atoms with Gasteiger partial charge in [0.05, 0.1) is 0 Å². The summed E-state index contributed by atoms with van der Waals surface area (Å²) in [4.78, 5) is 12.0. The van der Waals surface area contributed by atoms with Gasteiger partial charge >= 0.3 is 0 Å². The van der Waals surface area contributed by atoms with E-state index in [1.165, 1.54) is 6.33 Å². The molecule has 0 spiro atoms. The lowest BCUT2D eigenvalue weighted by molar-refractivity contribution is 0.367. The standard InChI is InChI=1S/C8H13N5/c1-7-4-9-5-10-8(7)11-6-12-13(2)3/h4-6H,1-3H3,(H,9,10,11,12). The third kappa shape index (κ3) is 3.16. The summed E-state index contributed by atoms with van der Waals surface area (Å²) in [7, 11) is 3.78. The van der Waals surface area contributed by atoms with Gasteiger partial charge in [0.25, 0.3) is 0 Å². The van der Waals surface area contributed by atoms with Crippen molar-refractivity contribution in [3.05, 3.63) is 18.1 Å². The molecule has 0 aliphatic rings. The molecular formula is C8H13N5. The van der Waals surface area contributed by atoms with Crippen LogP contribution in [-0.2, 0) is 0 Å². The third-order valence-corrected chi connectivity index (χ3v) is 1.37. The van der Waals surface area contributed by atoms with Crippen molar-refractivity contribution >= 4 is 12.2 Å². The van der Waals surface area contributed by atoms with Gasteiger partial charge in [-0.3, -0.25) is 0 Å². The Hall–Kier alpha value is -1.49. The van der Waals surface area contributed by atoms with E-state index in [0.717, 1.165) is 5.56 Å². The van der Waals surface area contributed by atoms with Crippen molar-refractivity contribution in [1.29, 1.82) is 0 Å². The van der Waals surface area contributed by atoms with Crippen LogP contribution < -0.4 is 5.43 Å². The summed E-state index contributed by atoms with van der Waals surface area (Å²) in [6.45, 7) is 1.92. The predicted octanol–water partition coefficient (Wildman–Crippen LogP) is 0.511. The predicted molar refractivity (Wildman–Crippen MR) is 51.7 cm³/mol. The van der Waals surface area contributed by atoms with Crippen molar-refractivity contribution in [3.63, 3.8) is 0 Å². The molecule has 0 unspecified atom stereocenters. The zero-order valence-corrected chi connectivity index (χ0v) is 8.02. The topological polar surface area (TPSA) is 53.4 Å². The molecule has 70 valence electrons. The molecule has 0 radical (unpaired) electrons. The highest BCUT2D eigenvalue weighted by molar-refractivity contribution is 5.59. The van der Waals surface area contributed by atoms with Crippen LogP contribution in [-0.4, -0.2) is 35.4 Å². The highest BCUT2D eigenvalue weighted by atomic mass is 15.5. The number of nitrogens with one attached hydrogen (secondary N) is 1. The largest absolute Gasteiger partial charge is 0.310 e. The van der Waals surface area contributed by atoms with Crippen LogP contribution in [0.2, 0.25) is 0 Å². The molecule has 1 heterocycles. The molecule has 0 aromatic carbocycles. The number of rotatable bonds is 3. The second-order valence-electron chi connectivity index (χ2n) is 2.81. The van der Waals surface area contributed by atoms with Gasteiger partial charge in [0, 0.05) is 25.9 Å². The lowest BCUT2D eigenvalue weighted by atomic mass is 10.4. The Kier molecular flexibility index (Phi) is 3.33. The molecule has 0 saturated carbocycles. The van der Waals surface area contributed by atoms with Crippen LogP contribution in [0.5, 0.6) is 0 Å². The fraction of sp³-hybridized carbons (Fsp3) is 0.375. The van der Waals surface area contributed by atoms with Crippen molar-refractivity contribution in [2.45, 2.75) is 6.92 Å². The zero-order chi connectivity index (χ0) is 9.68. The minimum absolute atomic E-state index is 0.685. The minimum atomic E-state index is 0.685. The Balaban J connectivity index is 2.63. The van der Waals surface area contributed by atoms with Gasteiger partial charge in [-0.05, 0) is 6.92 Å². The number of nitrogens with zero attached hydrogens (tertiary/aromatic N) is 4. The summed E-state index contributed by atoms with van der Waals surface area (Å²) in [5, 5.41) is 1.79. The molecular weight excluding hydrogens is 166 g/mol. The number of hydrogen-bond donors (Lipinski definition) is 1. The van der Waals surface area contributed by atoms with Gasteiger partial charge in [-0.15, -0.1) is 0 Å². The first-order chi connectivity index (χ1) is 6.20. The molecule has 5 heteroatoms. The van der Waals surface area contributed by atoms with Crippen LogP contribution in [0.25, 0.3) is 0 Å².